The third-order valence-electron chi connectivity index (χ3n) is 3.96. The number of methoxy groups -OCH3 is 1. The van der Waals surface area contributed by atoms with Gasteiger partial charge in [0.15, 0.2) is 0 Å². The molecule has 1 heterocycles. The van der Waals surface area contributed by atoms with Crippen LogP contribution in [0.25, 0.3) is 0 Å². The van der Waals surface area contributed by atoms with Crippen molar-refractivity contribution in [3.05, 3.63) is 29.8 Å². The van der Waals surface area contributed by atoms with Gasteiger partial charge in [0.2, 0.25) is 15.9 Å². The molecule has 0 saturated carbocycles. The molecule has 1 amide bonds. The maximum Gasteiger partial charge on any atom is 0.243 e. The number of carbonyl (C=O) groups excluding carboxylic acids is 1. The summed E-state index contributed by atoms with van der Waals surface area (Å²) in [4.78, 5) is 12.5. The van der Waals surface area contributed by atoms with E-state index < -0.39 is 16.1 Å². The van der Waals surface area contributed by atoms with E-state index in [0.717, 1.165) is 5.56 Å². The van der Waals surface area contributed by atoms with Crippen LogP contribution in [0, 0.1) is 6.92 Å². The zero-order valence-corrected chi connectivity index (χ0v) is 14.4. The zero-order valence-electron chi connectivity index (χ0n) is 13.6. The average Bonchev–Trinajstić information content (AvgIpc) is 3.02. The molecule has 1 fully saturated rings. The van der Waals surface area contributed by atoms with Gasteiger partial charge in [-0.25, -0.2) is 8.42 Å². The van der Waals surface area contributed by atoms with Crippen LogP contribution in [0.2, 0.25) is 0 Å². The highest BCUT2D eigenvalue weighted by molar-refractivity contribution is 7.89. The van der Waals surface area contributed by atoms with Crippen LogP contribution in [0.15, 0.2) is 29.2 Å². The number of hydrogen-bond acceptors (Lipinski definition) is 4. The van der Waals surface area contributed by atoms with Gasteiger partial charge < -0.3 is 10.1 Å². The Balaban J connectivity index is 2.08. The van der Waals surface area contributed by atoms with Crippen molar-refractivity contribution in [2.75, 3.05) is 26.8 Å². The first-order chi connectivity index (χ1) is 11.0. The van der Waals surface area contributed by atoms with Gasteiger partial charge in [0, 0.05) is 26.8 Å². The Hall–Kier alpha value is -1.44. The van der Waals surface area contributed by atoms with Crippen LogP contribution in [-0.4, -0.2) is 51.5 Å². The van der Waals surface area contributed by atoms with Crippen molar-refractivity contribution in [2.45, 2.75) is 37.1 Å². The van der Waals surface area contributed by atoms with E-state index in [-0.39, 0.29) is 10.8 Å². The van der Waals surface area contributed by atoms with Gasteiger partial charge in [-0.1, -0.05) is 17.7 Å². The largest absolute Gasteiger partial charge is 0.385 e. The summed E-state index contributed by atoms with van der Waals surface area (Å²) < 4.78 is 31.8. The second kappa shape index (κ2) is 7.90. The van der Waals surface area contributed by atoms with E-state index >= 15 is 0 Å². The number of amides is 1. The number of sulfonamides is 1. The summed E-state index contributed by atoms with van der Waals surface area (Å²) in [5, 5.41) is 2.80. The van der Waals surface area contributed by atoms with Gasteiger partial charge in [-0.2, -0.15) is 4.31 Å². The molecule has 2 rings (SSSR count). The Morgan fingerprint density at radius 2 is 2.04 bits per heavy atom. The van der Waals surface area contributed by atoms with Gasteiger partial charge in [0.1, 0.15) is 6.04 Å². The summed E-state index contributed by atoms with van der Waals surface area (Å²) in [5.74, 6) is -0.228. The van der Waals surface area contributed by atoms with E-state index in [1.165, 1.54) is 4.31 Å². The van der Waals surface area contributed by atoms with Crippen molar-refractivity contribution < 1.29 is 17.9 Å². The van der Waals surface area contributed by atoms with Crippen LogP contribution in [0.5, 0.6) is 0 Å². The fourth-order valence-corrected chi connectivity index (χ4v) is 4.34. The number of nitrogens with one attached hydrogen (secondary N) is 1. The van der Waals surface area contributed by atoms with Crippen LogP contribution < -0.4 is 5.32 Å². The van der Waals surface area contributed by atoms with Crippen molar-refractivity contribution in [3.8, 4) is 0 Å². The number of rotatable bonds is 7. The molecule has 1 aromatic carbocycles. The molecule has 1 aliphatic heterocycles. The summed E-state index contributed by atoms with van der Waals surface area (Å²) in [7, 11) is -2.03. The SMILES string of the molecule is COCCCNC(=O)C1CCCN1S(=O)(=O)c1ccc(C)cc1. The molecule has 0 bridgehead atoms. The molecule has 1 saturated heterocycles. The van der Waals surface area contributed by atoms with E-state index in [0.29, 0.717) is 39.0 Å². The van der Waals surface area contributed by atoms with Gasteiger partial charge in [0.05, 0.1) is 4.90 Å². The highest BCUT2D eigenvalue weighted by Gasteiger charge is 2.39. The summed E-state index contributed by atoms with van der Waals surface area (Å²) in [6.45, 7) is 3.34. The topological polar surface area (TPSA) is 75.7 Å². The highest BCUT2D eigenvalue weighted by Crippen LogP contribution is 2.26. The monoisotopic (exact) mass is 340 g/mol. The normalized spacial score (nSPS) is 19.0. The Bertz CT molecular complexity index is 628. The second-order valence-corrected chi connectivity index (χ2v) is 7.61. The zero-order chi connectivity index (χ0) is 16.9. The number of aryl methyl sites for hydroxylation is 1. The van der Waals surface area contributed by atoms with Gasteiger partial charge in [-0.05, 0) is 38.3 Å². The van der Waals surface area contributed by atoms with Crippen LogP contribution >= 0.6 is 0 Å². The Kier molecular flexibility index (Phi) is 6.15. The van der Waals surface area contributed by atoms with Gasteiger partial charge >= 0.3 is 0 Å². The van der Waals surface area contributed by atoms with Crippen molar-refractivity contribution in [2.24, 2.45) is 0 Å². The number of benzene rings is 1. The lowest BCUT2D eigenvalue weighted by molar-refractivity contribution is -0.124. The molecule has 7 heteroatoms. The molecule has 0 spiro atoms. The maximum atomic E-state index is 12.8. The minimum atomic E-state index is -3.64. The van der Waals surface area contributed by atoms with Gasteiger partial charge in [-0.15, -0.1) is 0 Å². The predicted molar refractivity (Wildman–Crippen MR) is 87.6 cm³/mol. The molecule has 0 aliphatic carbocycles. The third kappa shape index (κ3) is 4.31. The van der Waals surface area contributed by atoms with Crippen molar-refractivity contribution in [1.29, 1.82) is 0 Å². The molecule has 0 radical (unpaired) electrons. The molecule has 23 heavy (non-hydrogen) atoms. The Morgan fingerprint density at radius 3 is 2.70 bits per heavy atom. The predicted octanol–water partition coefficient (Wildman–Crippen LogP) is 1.30. The van der Waals surface area contributed by atoms with Crippen molar-refractivity contribution in [1.82, 2.24) is 9.62 Å². The number of hydrogen-bond donors (Lipinski definition) is 1. The van der Waals surface area contributed by atoms with Crippen LogP contribution in [0.4, 0.5) is 0 Å². The minimum Gasteiger partial charge on any atom is -0.385 e. The Labute approximate surface area is 137 Å². The maximum absolute atomic E-state index is 12.8. The molecule has 0 aromatic heterocycles. The van der Waals surface area contributed by atoms with E-state index in [1.54, 1.807) is 31.4 Å². The molecule has 6 nitrogen and oxygen atoms in total. The molecule has 128 valence electrons. The first kappa shape index (κ1) is 17.9. The summed E-state index contributed by atoms with van der Waals surface area (Å²) in [6.07, 6.45) is 1.96. The van der Waals surface area contributed by atoms with E-state index in [2.05, 4.69) is 5.32 Å². The highest BCUT2D eigenvalue weighted by atomic mass is 32.2. The number of ether oxygens (including phenoxy) is 1. The molecule has 1 aliphatic rings. The van der Waals surface area contributed by atoms with Crippen molar-refractivity contribution >= 4 is 15.9 Å². The van der Waals surface area contributed by atoms with Crippen LogP contribution in [0.1, 0.15) is 24.8 Å². The molecule has 1 aromatic rings. The molecule has 1 N–H and O–H groups in total. The van der Waals surface area contributed by atoms with Gasteiger partial charge in [-0.3, -0.25) is 4.79 Å². The van der Waals surface area contributed by atoms with E-state index in [9.17, 15) is 13.2 Å². The number of nitrogens with zero attached hydrogens (tertiary/aromatic N) is 1. The first-order valence-electron chi connectivity index (χ1n) is 7.82. The fraction of sp³-hybridized carbons (Fsp3) is 0.562. The lowest BCUT2D eigenvalue weighted by atomic mass is 10.2. The Morgan fingerprint density at radius 1 is 1.35 bits per heavy atom. The number of carbonyl (C=O) groups is 1. The third-order valence-corrected chi connectivity index (χ3v) is 5.88. The summed E-state index contributed by atoms with van der Waals surface area (Å²) in [5.41, 5.74) is 0.998. The molecule has 1 unspecified atom stereocenters. The van der Waals surface area contributed by atoms with E-state index in [1.807, 2.05) is 6.92 Å². The lowest BCUT2D eigenvalue weighted by Crippen LogP contribution is -2.46. The molecular weight excluding hydrogens is 316 g/mol. The summed E-state index contributed by atoms with van der Waals surface area (Å²) >= 11 is 0. The quantitative estimate of drug-likeness (QED) is 0.759. The lowest BCUT2D eigenvalue weighted by Gasteiger charge is -2.23. The van der Waals surface area contributed by atoms with E-state index in [4.69, 9.17) is 4.74 Å². The second-order valence-electron chi connectivity index (χ2n) is 5.72. The van der Waals surface area contributed by atoms with Gasteiger partial charge in [0.25, 0.3) is 0 Å². The molecule has 1 atom stereocenters. The standard InChI is InChI=1S/C16H24N2O4S/c1-13-6-8-14(9-7-13)23(20,21)18-11-3-5-15(18)16(19)17-10-4-12-22-2/h6-9,15H,3-5,10-12H2,1-2H3,(H,17,19). The summed E-state index contributed by atoms with van der Waals surface area (Å²) in [6, 6.07) is 6.10. The average molecular weight is 340 g/mol. The van der Waals surface area contributed by atoms with Crippen LogP contribution in [-0.2, 0) is 19.6 Å². The van der Waals surface area contributed by atoms with Crippen molar-refractivity contribution in [3.63, 3.8) is 0 Å². The fourth-order valence-electron chi connectivity index (χ4n) is 2.68. The molecular formula is C16H24N2O4S. The smallest absolute Gasteiger partial charge is 0.243 e. The van der Waals surface area contributed by atoms with Crippen LogP contribution in [0.3, 0.4) is 0 Å². The first-order valence-corrected chi connectivity index (χ1v) is 9.26. The minimum absolute atomic E-state index is 0.228.